The molecule has 2 amide bonds. The highest BCUT2D eigenvalue weighted by Crippen LogP contribution is 2.27. The Morgan fingerprint density at radius 3 is 2.91 bits per heavy atom. The lowest BCUT2D eigenvalue weighted by atomic mass is 9.93. The zero-order valence-electron chi connectivity index (χ0n) is 18.0. The summed E-state index contributed by atoms with van der Waals surface area (Å²) in [6, 6.07) is 5.31. The molecule has 0 saturated heterocycles. The smallest absolute Gasteiger partial charge is 0.276 e. The number of nitrogens with zero attached hydrogens (tertiary/aromatic N) is 6. The molecule has 12 heteroatoms. The van der Waals surface area contributed by atoms with E-state index in [9.17, 15) is 9.59 Å². The van der Waals surface area contributed by atoms with Gasteiger partial charge in [0.2, 0.25) is 17.6 Å². The Balaban J connectivity index is 1.04. The van der Waals surface area contributed by atoms with E-state index < -0.39 is 0 Å². The molecule has 0 fully saturated rings. The Hall–Kier alpha value is -4.48. The monoisotopic (exact) mass is 460 g/mol. The van der Waals surface area contributed by atoms with Gasteiger partial charge < -0.3 is 15.2 Å². The van der Waals surface area contributed by atoms with Crippen LogP contribution in [0, 0.1) is 5.92 Å². The van der Waals surface area contributed by atoms with Crippen LogP contribution in [-0.4, -0.2) is 45.4 Å². The fraction of sp³-hybridized carbons (Fsp3) is 0.273. The summed E-state index contributed by atoms with van der Waals surface area (Å²) in [6.07, 6.45) is 8.59. The number of aryl methyl sites for hydroxylation is 1. The van der Waals surface area contributed by atoms with Crippen molar-refractivity contribution in [1.82, 2.24) is 31.1 Å². The van der Waals surface area contributed by atoms with E-state index in [2.05, 4.69) is 45.9 Å². The second-order valence-electron chi connectivity index (χ2n) is 7.67. The Morgan fingerprint density at radius 1 is 1.06 bits per heavy atom. The minimum atomic E-state index is -0.378. The van der Waals surface area contributed by atoms with Crippen molar-refractivity contribution in [2.45, 2.75) is 19.3 Å². The maximum absolute atomic E-state index is 12.2. The number of nitrogens with one attached hydrogen (secondary N) is 2. The van der Waals surface area contributed by atoms with Gasteiger partial charge in [-0.2, -0.15) is 4.98 Å². The van der Waals surface area contributed by atoms with Crippen molar-refractivity contribution in [3.05, 3.63) is 59.8 Å². The molecule has 3 heterocycles. The van der Waals surface area contributed by atoms with Crippen LogP contribution >= 0.6 is 0 Å². The minimum Gasteiger partial charge on any atom is -0.368 e. The van der Waals surface area contributed by atoms with Crippen molar-refractivity contribution in [2.75, 3.05) is 13.1 Å². The normalized spacial score (nSPS) is 16.8. The average molecular weight is 460 g/mol. The van der Waals surface area contributed by atoms with Crippen LogP contribution in [0.2, 0.25) is 0 Å². The highest BCUT2D eigenvalue weighted by atomic mass is 16.6. The Labute approximate surface area is 192 Å². The van der Waals surface area contributed by atoms with Crippen molar-refractivity contribution >= 4 is 22.8 Å². The largest absolute Gasteiger partial charge is 0.368 e. The van der Waals surface area contributed by atoms with E-state index in [4.69, 9.17) is 4.52 Å². The molecule has 1 aliphatic heterocycles. The molecule has 3 aromatic rings. The predicted molar refractivity (Wildman–Crippen MR) is 118 cm³/mol. The summed E-state index contributed by atoms with van der Waals surface area (Å²) >= 11 is 0. The minimum absolute atomic E-state index is 0.111. The van der Waals surface area contributed by atoms with Gasteiger partial charge in [0.05, 0.1) is 5.92 Å². The van der Waals surface area contributed by atoms with Gasteiger partial charge in [-0.15, -0.1) is 10.2 Å². The molecule has 34 heavy (non-hydrogen) atoms. The van der Waals surface area contributed by atoms with Crippen molar-refractivity contribution in [3.63, 3.8) is 0 Å². The Morgan fingerprint density at radius 2 is 1.97 bits per heavy atom. The number of azo groups is 1. The highest BCUT2D eigenvalue weighted by Gasteiger charge is 2.26. The van der Waals surface area contributed by atoms with Gasteiger partial charge in [0.25, 0.3) is 5.91 Å². The fourth-order valence-corrected chi connectivity index (χ4v) is 3.57. The standard InChI is InChI=1S/C22H20N8O4/c31-18(23-10-3-11-24-21-14-4-1-2-5-15(14)22(32)27-26-21)8-9-19-25-20(30-33-19)13-6-7-16-17(12-13)29-34-28-16/h1-2,4-7,12,15,24H,3,8-11H2,(H,23,31). The number of allylic oxidation sites excluding steroid dienone is 3. The lowest BCUT2D eigenvalue weighted by molar-refractivity contribution is -0.121. The average Bonchev–Trinajstić information content (AvgIpc) is 3.53. The SMILES string of the molecule is O=C(CCc1nc(-c2ccc3nonc3c2)no1)NCCCNC1=C2C=CC=CC2C(=O)N=N1. The lowest BCUT2D eigenvalue weighted by Gasteiger charge is -2.20. The van der Waals surface area contributed by atoms with Gasteiger partial charge >= 0.3 is 0 Å². The van der Waals surface area contributed by atoms with E-state index in [1.165, 1.54) is 0 Å². The summed E-state index contributed by atoms with van der Waals surface area (Å²) < 4.78 is 9.94. The zero-order chi connectivity index (χ0) is 23.3. The molecular weight excluding hydrogens is 440 g/mol. The molecule has 12 nitrogen and oxygen atoms in total. The third kappa shape index (κ3) is 4.65. The summed E-state index contributed by atoms with van der Waals surface area (Å²) in [4.78, 5) is 28.3. The van der Waals surface area contributed by atoms with Crippen LogP contribution in [0.4, 0.5) is 0 Å². The van der Waals surface area contributed by atoms with Crippen LogP contribution in [0.5, 0.6) is 0 Å². The van der Waals surface area contributed by atoms with E-state index in [0.717, 1.165) is 11.1 Å². The molecule has 0 radical (unpaired) electrons. The molecule has 0 bridgehead atoms. The first kappa shape index (κ1) is 21.4. The van der Waals surface area contributed by atoms with Crippen LogP contribution < -0.4 is 10.6 Å². The fourth-order valence-electron chi connectivity index (χ4n) is 3.57. The van der Waals surface area contributed by atoms with E-state index in [1.807, 2.05) is 18.2 Å². The van der Waals surface area contributed by atoms with Crippen molar-refractivity contribution in [1.29, 1.82) is 0 Å². The van der Waals surface area contributed by atoms with Crippen molar-refractivity contribution in [2.24, 2.45) is 16.1 Å². The molecule has 2 N–H and O–H groups in total. The number of rotatable bonds is 9. The molecule has 5 rings (SSSR count). The van der Waals surface area contributed by atoms with Crippen LogP contribution in [-0.2, 0) is 16.0 Å². The summed E-state index contributed by atoms with van der Waals surface area (Å²) in [5.41, 5.74) is 2.77. The van der Waals surface area contributed by atoms with Gasteiger partial charge in [0, 0.05) is 37.1 Å². The molecular formula is C22H20N8O4. The maximum Gasteiger partial charge on any atom is 0.276 e. The van der Waals surface area contributed by atoms with Crippen LogP contribution in [0.1, 0.15) is 18.7 Å². The number of hydrogen-bond acceptors (Lipinski definition) is 10. The van der Waals surface area contributed by atoms with Gasteiger partial charge in [-0.05, 0) is 34.9 Å². The summed E-state index contributed by atoms with van der Waals surface area (Å²) in [6.45, 7) is 1.07. The van der Waals surface area contributed by atoms with Gasteiger partial charge in [0.1, 0.15) is 11.0 Å². The van der Waals surface area contributed by atoms with Crippen molar-refractivity contribution < 1.29 is 18.7 Å². The van der Waals surface area contributed by atoms with Gasteiger partial charge in [-0.25, -0.2) is 4.63 Å². The Bertz CT molecular complexity index is 1350. The molecule has 172 valence electrons. The topological polar surface area (TPSA) is 161 Å². The number of aromatic nitrogens is 4. The second kappa shape index (κ2) is 9.57. The quantitative estimate of drug-likeness (QED) is 0.456. The maximum atomic E-state index is 12.2. The number of amides is 2. The van der Waals surface area contributed by atoms with Gasteiger partial charge in [0.15, 0.2) is 5.82 Å². The lowest BCUT2D eigenvalue weighted by Crippen LogP contribution is -2.28. The number of benzene rings is 1. The van der Waals surface area contributed by atoms with E-state index in [1.54, 1.807) is 24.3 Å². The Kier molecular flexibility index (Phi) is 6.01. The van der Waals surface area contributed by atoms with Gasteiger partial charge in [-0.3, -0.25) is 9.59 Å². The summed E-state index contributed by atoms with van der Waals surface area (Å²) in [7, 11) is 0. The first-order valence-corrected chi connectivity index (χ1v) is 10.8. The highest BCUT2D eigenvalue weighted by molar-refractivity contribution is 5.86. The third-order valence-corrected chi connectivity index (χ3v) is 5.33. The molecule has 1 aromatic carbocycles. The van der Waals surface area contributed by atoms with Crippen LogP contribution in [0.25, 0.3) is 22.4 Å². The molecule has 1 atom stereocenters. The predicted octanol–water partition coefficient (Wildman–Crippen LogP) is 2.25. The van der Waals surface area contributed by atoms with Crippen LogP contribution in [0.3, 0.4) is 0 Å². The first-order valence-electron chi connectivity index (χ1n) is 10.8. The number of fused-ring (bicyclic) bond motifs is 2. The second-order valence-corrected chi connectivity index (χ2v) is 7.67. The molecule has 1 aliphatic carbocycles. The molecule has 0 saturated carbocycles. The van der Waals surface area contributed by atoms with Crippen molar-refractivity contribution in [3.8, 4) is 11.4 Å². The molecule has 2 aromatic heterocycles. The zero-order valence-corrected chi connectivity index (χ0v) is 18.0. The molecule has 2 aliphatic rings. The third-order valence-electron chi connectivity index (χ3n) is 5.33. The number of carbonyl (C=O) groups is 2. The first-order chi connectivity index (χ1) is 16.7. The number of hydrogen-bond donors (Lipinski definition) is 2. The molecule has 0 spiro atoms. The molecule has 1 unspecified atom stereocenters. The van der Waals surface area contributed by atoms with E-state index in [0.29, 0.717) is 54.5 Å². The van der Waals surface area contributed by atoms with Crippen LogP contribution in [0.15, 0.2) is 73.3 Å². The van der Waals surface area contributed by atoms with Gasteiger partial charge in [-0.1, -0.05) is 29.5 Å². The van der Waals surface area contributed by atoms with E-state index >= 15 is 0 Å². The van der Waals surface area contributed by atoms with E-state index in [-0.39, 0.29) is 24.2 Å². The number of carbonyl (C=O) groups excluding carboxylic acids is 2. The summed E-state index contributed by atoms with van der Waals surface area (Å²) in [5.74, 6) is 0.615. The summed E-state index contributed by atoms with van der Waals surface area (Å²) in [5, 5.41) is 25.2.